The van der Waals surface area contributed by atoms with Gasteiger partial charge in [-0.3, -0.25) is 4.68 Å². The van der Waals surface area contributed by atoms with E-state index in [0.717, 1.165) is 11.5 Å². The third kappa shape index (κ3) is 1.67. The molecule has 0 spiro atoms. The van der Waals surface area contributed by atoms with Crippen molar-refractivity contribution in [1.82, 2.24) is 9.78 Å². The Morgan fingerprint density at radius 2 is 2.17 bits per heavy atom. The Labute approximate surface area is 112 Å². The highest BCUT2D eigenvalue weighted by molar-refractivity contribution is 7.15. The first kappa shape index (κ1) is 11.8. The lowest BCUT2D eigenvalue weighted by molar-refractivity contribution is 0.780. The number of nitrogens with two attached hydrogens (primary N) is 1. The topological polar surface area (TPSA) is 43.8 Å². The SMILES string of the molecule is CC(C)c1c(-c2cc3c(s2)CCC3)nn(C)c1N. The smallest absolute Gasteiger partial charge is 0.125 e. The van der Waals surface area contributed by atoms with Crippen molar-refractivity contribution in [3.05, 3.63) is 22.1 Å². The van der Waals surface area contributed by atoms with Gasteiger partial charge in [-0.25, -0.2) is 0 Å². The van der Waals surface area contributed by atoms with Crippen molar-refractivity contribution in [2.24, 2.45) is 7.05 Å². The van der Waals surface area contributed by atoms with E-state index >= 15 is 0 Å². The number of anilines is 1. The van der Waals surface area contributed by atoms with Gasteiger partial charge in [0.25, 0.3) is 0 Å². The number of fused-ring (bicyclic) bond motifs is 1. The van der Waals surface area contributed by atoms with E-state index in [1.165, 1.54) is 35.3 Å². The van der Waals surface area contributed by atoms with Crippen LogP contribution < -0.4 is 5.73 Å². The number of nitrogens with zero attached hydrogens (tertiary/aromatic N) is 2. The molecule has 2 heterocycles. The average molecular weight is 261 g/mol. The normalized spacial score (nSPS) is 14.4. The van der Waals surface area contributed by atoms with Crippen LogP contribution in [-0.4, -0.2) is 9.78 Å². The van der Waals surface area contributed by atoms with Crippen LogP contribution in [0.2, 0.25) is 0 Å². The van der Waals surface area contributed by atoms with Gasteiger partial charge in [0.15, 0.2) is 0 Å². The molecule has 96 valence electrons. The molecule has 3 rings (SSSR count). The largest absolute Gasteiger partial charge is 0.384 e. The van der Waals surface area contributed by atoms with Crippen molar-refractivity contribution in [3.8, 4) is 10.6 Å². The molecule has 0 atom stereocenters. The number of hydrogen-bond acceptors (Lipinski definition) is 3. The zero-order valence-electron chi connectivity index (χ0n) is 11.2. The summed E-state index contributed by atoms with van der Waals surface area (Å²) >= 11 is 1.90. The predicted molar refractivity (Wildman–Crippen MR) is 77.0 cm³/mol. The van der Waals surface area contributed by atoms with Gasteiger partial charge >= 0.3 is 0 Å². The van der Waals surface area contributed by atoms with Crippen LogP contribution in [0.5, 0.6) is 0 Å². The van der Waals surface area contributed by atoms with E-state index < -0.39 is 0 Å². The van der Waals surface area contributed by atoms with Gasteiger partial charge in [-0.1, -0.05) is 13.8 Å². The second-order valence-corrected chi connectivity index (χ2v) is 6.48. The second kappa shape index (κ2) is 4.12. The second-order valence-electron chi connectivity index (χ2n) is 5.34. The minimum atomic E-state index is 0.408. The first-order valence-electron chi connectivity index (χ1n) is 6.52. The monoisotopic (exact) mass is 261 g/mol. The molecule has 1 aliphatic rings. The summed E-state index contributed by atoms with van der Waals surface area (Å²) in [6.07, 6.45) is 3.77. The molecule has 0 aliphatic heterocycles. The Kier molecular flexibility index (Phi) is 2.70. The predicted octanol–water partition coefficient (Wildman–Crippen LogP) is 3.34. The van der Waals surface area contributed by atoms with Crippen molar-refractivity contribution >= 4 is 17.2 Å². The maximum absolute atomic E-state index is 6.14. The van der Waals surface area contributed by atoms with E-state index in [0.29, 0.717) is 5.92 Å². The van der Waals surface area contributed by atoms with Gasteiger partial charge in [0.05, 0.1) is 4.88 Å². The standard InChI is InChI=1S/C14H19N3S/c1-8(2)12-13(16-17(3)14(12)15)11-7-9-5-4-6-10(9)18-11/h7-8H,4-6,15H2,1-3H3. The van der Waals surface area contributed by atoms with Crippen LogP contribution >= 0.6 is 11.3 Å². The average Bonchev–Trinajstić information content (AvgIpc) is 2.92. The number of nitrogen functional groups attached to an aromatic ring is 1. The summed E-state index contributed by atoms with van der Waals surface area (Å²) in [6, 6.07) is 2.32. The van der Waals surface area contributed by atoms with E-state index in [4.69, 9.17) is 5.73 Å². The first-order chi connectivity index (χ1) is 8.58. The number of aryl methyl sites for hydroxylation is 3. The molecular weight excluding hydrogens is 242 g/mol. The van der Waals surface area contributed by atoms with Crippen molar-refractivity contribution in [3.63, 3.8) is 0 Å². The summed E-state index contributed by atoms with van der Waals surface area (Å²) < 4.78 is 1.80. The lowest BCUT2D eigenvalue weighted by Gasteiger charge is -2.05. The van der Waals surface area contributed by atoms with Crippen LogP contribution in [0.1, 0.15) is 42.2 Å². The molecule has 0 saturated carbocycles. The first-order valence-corrected chi connectivity index (χ1v) is 7.34. The van der Waals surface area contributed by atoms with Crippen LogP contribution in [0.4, 0.5) is 5.82 Å². The summed E-state index contributed by atoms with van der Waals surface area (Å²) in [6.45, 7) is 4.36. The van der Waals surface area contributed by atoms with E-state index in [1.54, 1.807) is 9.56 Å². The van der Waals surface area contributed by atoms with E-state index in [1.807, 2.05) is 18.4 Å². The highest BCUT2D eigenvalue weighted by Crippen LogP contribution is 2.40. The zero-order chi connectivity index (χ0) is 12.9. The Morgan fingerprint density at radius 3 is 2.83 bits per heavy atom. The van der Waals surface area contributed by atoms with Gasteiger partial charge in [0.1, 0.15) is 11.5 Å². The van der Waals surface area contributed by atoms with Crippen LogP contribution in [0.3, 0.4) is 0 Å². The fraction of sp³-hybridized carbons (Fsp3) is 0.500. The molecule has 0 aromatic carbocycles. The maximum Gasteiger partial charge on any atom is 0.125 e. The van der Waals surface area contributed by atoms with Gasteiger partial charge in [0.2, 0.25) is 0 Å². The molecule has 2 aromatic heterocycles. The van der Waals surface area contributed by atoms with E-state index in [-0.39, 0.29) is 0 Å². The van der Waals surface area contributed by atoms with Gasteiger partial charge < -0.3 is 5.73 Å². The van der Waals surface area contributed by atoms with Crippen molar-refractivity contribution < 1.29 is 0 Å². The molecule has 4 heteroatoms. The molecule has 0 bridgehead atoms. The summed E-state index contributed by atoms with van der Waals surface area (Å²) in [5.74, 6) is 1.21. The number of aromatic nitrogens is 2. The lowest BCUT2D eigenvalue weighted by Crippen LogP contribution is -2.00. The minimum absolute atomic E-state index is 0.408. The summed E-state index contributed by atoms with van der Waals surface area (Å²) in [5.41, 5.74) is 9.94. The molecule has 0 unspecified atom stereocenters. The van der Waals surface area contributed by atoms with Crippen molar-refractivity contribution in [1.29, 1.82) is 0 Å². The highest BCUT2D eigenvalue weighted by Gasteiger charge is 2.22. The van der Waals surface area contributed by atoms with Gasteiger partial charge in [-0.2, -0.15) is 5.10 Å². The van der Waals surface area contributed by atoms with Crippen LogP contribution in [0.25, 0.3) is 10.6 Å². The molecular formula is C14H19N3S. The summed E-state index contributed by atoms with van der Waals surface area (Å²) in [7, 11) is 1.92. The molecule has 3 nitrogen and oxygen atoms in total. The Hall–Kier alpha value is -1.29. The third-order valence-corrected chi connectivity index (χ3v) is 4.93. The van der Waals surface area contributed by atoms with Crippen molar-refractivity contribution in [2.75, 3.05) is 5.73 Å². The van der Waals surface area contributed by atoms with E-state index in [2.05, 4.69) is 25.0 Å². The fourth-order valence-corrected chi connectivity index (χ4v) is 4.00. The van der Waals surface area contributed by atoms with E-state index in [9.17, 15) is 0 Å². The molecule has 18 heavy (non-hydrogen) atoms. The van der Waals surface area contributed by atoms with Gasteiger partial charge in [-0.15, -0.1) is 11.3 Å². The Bertz CT molecular complexity index is 571. The molecule has 0 saturated heterocycles. The zero-order valence-corrected chi connectivity index (χ0v) is 12.0. The maximum atomic E-state index is 6.14. The quantitative estimate of drug-likeness (QED) is 0.901. The summed E-state index contributed by atoms with van der Waals surface area (Å²) in [4.78, 5) is 2.83. The molecule has 0 radical (unpaired) electrons. The lowest BCUT2D eigenvalue weighted by atomic mass is 10.0. The highest BCUT2D eigenvalue weighted by atomic mass is 32.1. The number of rotatable bonds is 2. The molecule has 0 fully saturated rings. The third-order valence-electron chi connectivity index (χ3n) is 3.69. The minimum Gasteiger partial charge on any atom is -0.384 e. The van der Waals surface area contributed by atoms with Crippen LogP contribution in [0, 0.1) is 0 Å². The number of thiophene rings is 1. The Balaban J connectivity index is 2.13. The van der Waals surface area contributed by atoms with Gasteiger partial charge in [-0.05, 0) is 36.8 Å². The summed E-state index contributed by atoms with van der Waals surface area (Å²) in [5, 5.41) is 4.62. The van der Waals surface area contributed by atoms with Crippen LogP contribution in [0.15, 0.2) is 6.07 Å². The van der Waals surface area contributed by atoms with Crippen LogP contribution in [-0.2, 0) is 19.9 Å². The van der Waals surface area contributed by atoms with Crippen molar-refractivity contribution in [2.45, 2.75) is 39.0 Å². The number of hydrogen-bond donors (Lipinski definition) is 1. The Morgan fingerprint density at radius 1 is 1.39 bits per heavy atom. The molecule has 2 aromatic rings. The fourth-order valence-electron chi connectivity index (χ4n) is 2.75. The molecule has 0 amide bonds. The van der Waals surface area contributed by atoms with Gasteiger partial charge in [0, 0.05) is 17.5 Å². The molecule has 1 aliphatic carbocycles. The molecule has 2 N–H and O–H groups in total.